The highest BCUT2D eigenvalue weighted by Gasteiger charge is 2.34. The highest BCUT2D eigenvalue weighted by Crippen LogP contribution is 2.20. The van der Waals surface area contributed by atoms with Crippen LogP contribution in [0.2, 0.25) is 0 Å². The molecule has 0 bridgehead atoms. The fraction of sp³-hybridized carbons (Fsp3) is 0.111. The van der Waals surface area contributed by atoms with Crippen molar-refractivity contribution in [2.75, 3.05) is 6.54 Å². The third kappa shape index (κ3) is 4.13. The molecule has 0 amide bonds. The molecule has 0 aromatic heterocycles. The zero-order valence-electron chi connectivity index (χ0n) is 13.6. The number of rotatable bonds is 6. The summed E-state index contributed by atoms with van der Waals surface area (Å²) in [7, 11) is -4.00. The maximum absolute atomic E-state index is 12.2. The maximum Gasteiger partial charge on any atom is 0.632 e. The Balaban J connectivity index is 1.56. The van der Waals surface area contributed by atoms with E-state index in [1.165, 1.54) is 0 Å². The van der Waals surface area contributed by atoms with Crippen molar-refractivity contribution < 1.29 is 17.7 Å². The maximum atomic E-state index is 12.2. The normalized spacial score (nSPS) is 14.3. The number of hydrogen-bond acceptors (Lipinski definition) is 4. The first-order chi connectivity index (χ1) is 12.0. The molecule has 25 heavy (non-hydrogen) atoms. The van der Waals surface area contributed by atoms with E-state index in [2.05, 4.69) is 17.9 Å². The minimum Gasteiger partial charge on any atom is -0.520 e. The number of sulfonamides is 1. The van der Waals surface area contributed by atoms with Crippen LogP contribution < -0.4 is 10.2 Å². The Kier molecular flexibility index (Phi) is 4.97. The summed E-state index contributed by atoms with van der Waals surface area (Å²) in [6, 6.07) is 15.9. The van der Waals surface area contributed by atoms with Crippen molar-refractivity contribution in [3.8, 4) is 0 Å². The molecule has 1 saturated heterocycles. The van der Waals surface area contributed by atoms with Crippen molar-refractivity contribution in [3.63, 3.8) is 0 Å². The molecule has 128 valence electrons. The van der Waals surface area contributed by atoms with Gasteiger partial charge in [0, 0.05) is 12.0 Å². The average molecular weight is 355 g/mol. The van der Waals surface area contributed by atoms with Gasteiger partial charge in [-0.25, -0.2) is 13.1 Å². The molecule has 5 nitrogen and oxygen atoms in total. The predicted octanol–water partition coefficient (Wildman–Crippen LogP) is 1.98. The molecular formula is C18H18BNO4S. The van der Waals surface area contributed by atoms with Crippen LogP contribution in [0.4, 0.5) is 0 Å². The van der Waals surface area contributed by atoms with Crippen molar-refractivity contribution in [2.24, 2.45) is 0 Å². The molecular weight excluding hydrogens is 337 g/mol. The first kappa shape index (κ1) is 17.3. The molecule has 1 heterocycles. The lowest BCUT2D eigenvalue weighted by atomic mass is 9.79. The number of nitrogens with one attached hydrogen (secondary N) is 1. The lowest BCUT2D eigenvalue weighted by Gasteiger charge is -2.08. The molecule has 0 spiro atoms. The Morgan fingerprint density at radius 2 is 1.52 bits per heavy atom. The first-order valence-electron chi connectivity index (χ1n) is 7.81. The van der Waals surface area contributed by atoms with E-state index >= 15 is 0 Å². The summed E-state index contributed by atoms with van der Waals surface area (Å²) in [5, 5.41) is 0. The summed E-state index contributed by atoms with van der Waals surface area (Å²) < 4.78 is 37.8. The van der Waals surface area contributed by atoms with Gasteiger partial charge in [-0.2, -0.15) is 0 Å². The fourth-order valence-electron chi connectivity index (χ4n) is 2.40. The van der Waals surface area contributed by atoms with E-state index in [1.54, 1.807) is 30.3 Å². The lowest BCUT2D eigenvalue weighted by Crippen LogP contribution is -2.31. The molecule has 0 radical (unpaired) electrons. The van der Waals surface area contributed by atoms with Gasteiger partial charge in [-0.3, -0.25) is 0 Å². The van der Waals surface area contributed by atoms with Gasteiger partial charge >= 0.3 is 7.12 Å². The summed E-state index contributed by atoms with van der Waals surface area (Å²) in [6.07, 6.45) is 0.581. The molecule has 0 aliphatic carbocycles. The molecule has 1 aliphatic rings. The van der Waals surface area contributed by atoms with E-state index in [0.717, 1.165) is 11.0 Å². The molecule has 0 atom stereocenters. The second kappa shape index (κ2) is 7.17. The minimum atomic E-state index is -3.47. The van der Waals surface area contributed by atoms with Crippen molar-refractivity contribution in [3.05, 3.63) is 84.8 Å². The van der Waals surface area contributed by atoms with Crippen molar-refractivity contribution >= 4 is 22.6 Å². The second-order valence-electron chi connectivity index (χ2n) is 5.62. The molecule has 1 aliphatic heterocycles. The summed E-state index contributed by atoms with van der Waals surface area (Å²) in [6.45, 7) is 7.73. The Labute approximate surface area is 148 Å². The van der Waals surface area contributed by atoms with Crippen LogP contribution in [-0.2, 0) is 25.8 Å². The monoisotopic (exact) mass is 355 g/mol. The van der Waals surface area contributed by atoms with Crippen LogP contribution in [0, 0.1) is 0 Å². The zero-order chi connectivity index (χ0) is 17.9. The SMILES string of the molecule is C=C1OB(c2ccc(CCNS(=O)(=O)c3ccccc3)cc2)OC1=C. The van der Waals surface area contributed by atoms with E-state index in [-0.39, 0.29) is 4.90 Å². The summed E-state index contributed by atoms with van der Waals surface area (Å²) in [4.78, 5) is 0.265. The van der Waals surface area contributed by atoms with Gasteiger partial charge in [-0.1, -0.05) is 55.6 Å². The molecule has 2 aromatic rings. The lowest BCUT2D eigenvalue weighted by molar-refractivity contribution is 0.431. The third-order valence-electron chi connectivity index (χ3n) is 3.82. The largest absolute Gasteiger partial charge is 0.632 e. The van der Waals surface area contributed by atoms with Gasteiger partial charge in [0.1, 0.15) is 11.5 Å². The van der Waals surface area contributed by atoms with Gasteiger partial charge in [0.2, 0.25) is 10.0 Å². The molecule has 3 rings (SSSR count). The minimum absolute atomic E-state index is 0.265. The molecule has 7 heteroatoms. The standard InChI is InChI=1S/C18H18BNO4S/c1-14-15(2)24-19(23-14)17-10-8-16(9-11-17)12-13-20-25(21,22)18-6-4-3-5-7-18/h3-11,20H,1-2,12-13H2. The number of hydrogen-bond donors (Lipinski definition) is 1. The zero-order valence-corrected chi connectivity index (χ0v) is 14.5. The Bertz CT molecular complexity index is 863. The van der Waals surface area contributed by atoms with Crippen LogP contribution in [-0.4, -0.2) is 22.1 Å². The van der Waals surface area contributed by atoms with Crippen LogP contribution in [0.15, 0.2) is 84.2 Å². The second-order valence-corrected chi connectivity index (χ2v) is 7.38. The first-order valence-corrected chi connectivity index (χ1v) is 9.29. The van der Waals surface area contributed by atoms with Crippen molar-refractivity contribution in [1.29, 1.82) is 0 Å². The van der Waals surface area contributed by atoms with E-state index in [1.807, 2.05) is 24.3 Å². The van der Waals surface area contributed by atoms with E-state index in [0.29, 0.717) is 24.5 Å². The highest BCUT2D eigenvalue weighted by molar-refractivity contribution is 7.89. The summed E-state index contributed by atoms with van der Waals surface area (Å²) >= 11 is 0. The molecule has 0 unspecified atom stereocenters. The Morgan fingerprint density at radius 3 is 2.12 bits per heavy atom. The van der Waals surface area contributed by atoms with E-state index < -0.39 is 17.1 Å². The fourth-order valence-corrected chi connectivity index (χ4v) is 3.46. The van der Waals surface area contributed by atoms with E-state index in [4.69, 9.17) is 9.31 Å². The van der Waals surface area contributed by atoms with Crippen molar-refractivity contribution in [2.45, 2.75) is 11.3 Å². The van der Waals surface area contributed by atoms with Crippen molar-refractivity contribution in [1.82, 2.24) is 4.72 Å². The number of benzene rings is 2. The highest BCUT2D eigenvalue weighted by atomic mass is 32.2. The molecule has 1 fully saturated rings. The molecule has 2 aromatic carbocycles. The van der Waals surface area contributed by atoms with Crippen LogP contribution >= 0.6 is 0 Å². The van der Waals surface area contributed by atoms with Crippen LogP contribution in [0.1, 0.15) is 5.56 Å². The smallest absolute Gasteiger partial charge is 0.520 e. The molecule has 1 N–H and O–H groups in total. The van der Waals surface area contributed by atoms with Gasteiger partial charge in [0.15, 0.2) is 0 Å². The average Bonchev–Trinajstić information content (AvgIpc) is 2.95. The van der Waals surface area contributed by atoms with Gasteiger partial charge in [-0.15, -0.1) is 0 Å². The van der Waals surface area contributed by atoms with Crippen LogP contribution in [0.25, 0.3) is 0 Å². The third-order valence-corrected chi connectivity index (χ3v) is 5.30. The topological polar surface area (TPSA) is 64.6 Å². The summed E-state index contributed by atoms with van der Waals surface area (Å²) in [5.41, 5.74) is 1.86. The van der Waals surface area contributed by atoms with Gasteiger partial charge in [0.05, 0.1) is 4.90 Å². The van der Waals surface area contributed by atoms with E-state index in [9.17, 15) is 8.42 Å². The quantitative estimate of drug-likeness (QED) is 0.805. The van der Waals surface area contributed by atoms with Gasteiger partial charge in [-0.05, 0) is 24.1 Å². The van der Waals surface area contributed by atoms with Gasteiger partial charge < -0.3 is 9.31 Å². The Hall–Kier alpha value is -2.51. The van der Waals surface area contributed by atoms with Gasteiger partial charge in [0.25, 0.3) is 0 Å². The van der Waals surface area contributed by atoms with Crippen LogP contribution in [0.3, 0.4) is 0 Å². The summed E-state index contributed by atoms with van der Waals surface area (Å²) in [5.74, 6) is 0.869. The van der Waals surface area contributed by atoms with Crippen LogP contribution in [0.5, 0.6) is 0 Å². The molecule has 0 saturated carbocycles. The Morgan fingerprint density at radius 1 is 0.920 bits per heavy atom. The predicted molar refractivity (Wildman–Crippen MR) is 97.6 cm³/mol.